The van der Waals surface area contributed by atoms with Crippen LogP contribution in [0.5, 0.6) is 0 Å². The van der Waals surface area contributed by atoms with Gasteiger partial charge in [0, 0.05) is 6.26 Å². The lowest BCUT2D eigenvalue weighted by atomic mass is 9.95. The molecule has 0 spiro atoms. The third kappa shape index (κ3) is 2.50. The van der Waals surface area contributed by atoms with Crippen molar-refractivity contribution in [2.45, 2.75) is 43.9 Å². The van der Waals surface area contributed by atoms with E-state index in [9.17, 15) is 23.1 Å². The van der Waals surface area contributed by atoms with Gasteiger partial charge in [0.2, 0.25) is 5.91 Å². The van der Waals surface area contributed by atoms with Crippen molar-refractivity contribution in [1.82, 2.24) is 5.32 Å². The standard InChI is InChI=1S/C11H19NO5S/c1-10(2,18(4,16)17)8(13)12-11(3,9(14)15)7-5-6-7/h7H,5-6H2,1-4H3,(H,12,13)(H,14,15). The van der Waals surface area contributed by atoms with Crippen molar-refractivity contribution in [3.63, 3.8) is 0 Å². The van der Waals surface area contributed by atoms with Gasteiger partial charge < -0.3 is 10.4 Å². The van der Waals surface area contributed by atoms with Gasteiger partial charge in [0.15, 0.2) is 9.84 Å². The molecule has 0 aromatic carbocycles. The molecule has 0 bridgehead atoms. The van der Waals surface area contributed by atoms with Gasteiger partial charge in [-0.3, -0.25) is 4.79 Å². The predicted molar refractivity (Wildman–Crippen MR) is 65.8 cm³/mol. The minimum Gasteiger partial charge on any atom is -0.480 e. The minimum absolute atomic E-state index is 0.130. The molecule has 2 N–H and O–H groups in total. The summed E-state index contributed by atoms with van der Waals surface area (Å²) in [6.45, 7) is 3.96. The van der Waals surface area contributed by atoms with Crippen LogP contribution in [0.4, 0.5) is 0 Å². The van der Waals surface area contributed by atoms with Gasteiger partial charge in [-0.15, -0.1) is 0 Å². The highest BCUT2D eigenvalue weighted by molar-refractivity contribution is 7.92. The van der Waals surface area contributed by atoms with Crippen LogP contribution >= 0.6 is 0 Å². The molecule has 0 aliphatic heterocycles. The van der Waals surface area contributed by atoms with Gasteiger partial charge in [-0.25, -0.2) is 13.2 Å². The molecule has 1 saturated carbocycles. The highest BCUT2D eigenvalue weighted by Crippen LogP contribution is 2.40. The molecule has 1 aliphatic rings. The van der Waals surface area contributed by atoms with Gasteiger partial charge in [0.05, 0.1) is 0 Å². The lowest BCUT2D eigenvalue weighted by Gasteiger charge is -2.30. The number of sulfone groups is 1. The van der Waals surface area contributed by atoms with Crippen LogP contribution < -0.4 is 5.32 Å². The molecule has 104 valence electrons. The zero-order valence-corrected chi connectivity index (χ0v) is 11.8. The van der Waals surface area contributed by atoms with Crippen LogP contribution in [-0.2, 0) is 19.4 Å². The van der Waals surface area contributed by atoms with Crippen molar-refractivity contribution in [2.75, 3.05) is 6.26 Å². The Morgan fingerprint density at radius 2 is 1.67 bits per heavy atom. The SMILES string of the molecule is CC(NC(=O)C(C)(C)S(C)(=O)=O)(C(=O)O)C1CC1. The molecule has 1 amide bonds. The molecular formula is C11H19NO5S. The smallest absolute Gasteiger partial charge is 0.329 e. The van der Waals surface area contributed by atoms with Crippen molar-refractivity contribution < 1.29 is 23.1 Å². The van der Waals surface area contributed by atoms with Crippen LogP contribution in [0.25, 0.3) is 0 Å². The Labute approximate surface area is 107 Å². The number of carboxylic acids is 1. The molecule has 1 fully saturated rings. The van der Waals surface area contributed by atoms with E-state index in [0.29, 0.717) is 0 Å². The highest BCUT2D eigenvalue weighted by Gasteiger charge is 2.51. The van der Waals surface area contributed by atoms with E-state index in [1.54, 1.807) is 0 Å². The van der Waals surface area contributed by atoms with E-state index in [0.717, 1.165) is 19.1 Å². The summed E-state index contributed by atoms with van der Waals surface area (Å²) in [6, 6.07) is 0. The second-order valence-corrected chi connectivity index (χ2v) is 8.08. The fraction of sp³-hybridized carbons (Fsp3) is 0.818. The van der Waals surface area contributed by atoms with Crippen LogP contribution in [0.2, 0.25) is 0 Å². The van der Waals surface area contributed by atoms with Crippen LogP contribution in [-0.4, -0.2) is 41.9 Å². The first-order chi connectivity index (χ1) is 7.93. The van der Waals surface area contributed by atoms with Crippen LogP contribution in [0.1, 0.15) is 33.6 Å². The molecular weight excluding hydrogens is 258 g/mol. The lowest BCUT2D eigenvalue weighted by Crippen LogP contribution is -2.60. The third-order valence-electron chi connectivity index (χ3n) is 3.69. The van der Waals surface area contributed by atoms with Crippen molar-refractivity contribution in [2.24, 2.45) is 5.92 Å². The number of carbonyl (C=O) groups is 2. The van der Waals surface area contributed by atoms with Gasteiger partial charge in [-0.2, -0.15) is 0 Å². The first-order valence-electron chi connectivity index (χ1n) is 5.68. The van der Waals surface area contributed by atoms with Crippen molar-refractivity contribution in [3.8, 4) is 0 Å². The zero-order chi connectivity index (χ0) is 14.4. The summed E-state index contributed by atoms with van der Waals surface area (Å²) >= 11 is 0. The van der Waals surface area contributed by atoms with Crippen molar-refractivity contribution in [1.29, 1.82) is 0 Å². The molecule has 18 heavy (non-hydrogen) atoms. The molecule has 0 aromatic heterocycles. The Balaban J connectivity index is 2.97. The maximum absolute atomic E-state index is 12.0. The Kier molecular flexibility index (Phi) is 3.51. The predicted octanol–water partition coefficient (Wildman–Crippen LogP) is 0.179. The second-order valence-electron chi connectivity index (χ2n) is 5.52. The maximum Gasteiger partial charge on any atom is 0.329 e. The molecule has 0 aromatic rings. The summed E-state index contributed by atoms with van der Waals surface area (Å²) in [5.41, 5.74) is -1.39. The molecule has 0 heterocycles. The number of rotatable bonds is 5. The largest absolute Gasteiger partial charge is 0.480 e. The number of carbonyl (C=O) groups excluding carboxylic acids is 1. The summed E-state index contributed by atoms with van der Waals surface area (Å²) < 4.78 is 21.4. The quantitative estimate of drug-likeness (QED) is 0.746. The van der Waals surface area contributed by atoms with Gasteiger partial charge in [0.1, 0.15) is 10.3 Å². The van der Waals surface area contributed by atoms with Gasteiger partial charge in [-0.1, -0.05) is 0 Å². The van der Waals surface area contributed by atoms with E-state index in [-0.39, 0.29) is 5.92 Å². The van der Waals surface area contributed by atoms with Gasteiger partial charge in [-0.05, 0) is 39.5 Å². The maximum atomic E-state index is 12.0. The zero-order valence-electron chi connectivity index (χ0n) is 11.0. The molecule has 1 unspecified atom stereocenters. The Bertz CT molecular complexity index is 478. The molecule has 1 aliphatic carbocycles. The summed E-state index contributed by atoms with van der Waals surface area (Å²) in [6.07, 6.45) is 2.41. The Morgan fingerprint density at radius 1 is 1.22 bits per heavy atom. The van der Waals surface area contributed by atoms with Gasteiger partial charge in [0.25, 0.3) is 0 Å². The lowest BCUT2D eigenvalue weighted by molar-refractivity contribution is -0.148. The highest BCUT2D eigenvalue weighted by atomic mass is 32.2. The average Bonchev–Trinajstić information content (AvgIpc) is 2.98. The number of hydrogen-bond acceptors (Lipinski definition) is 4. The normalized spacial score (nSPS) is 20.0. The number of nitrogens with one attached hydrogen (secondary N) is 1. The van der Waals surface area contributed by atoms with Crippen molar-refractivity contribution >= 4 is 21.7 Å². The molecule has 6 nitrogen and oxygen atoms in total. The van der Waals surface area contributed by atoms with E-state index in [4.69, 9.17) is 0 Å². The first-order valence-corrected chi connectivity index (χ1v) is 7.57. The monoisotopic (exact) mass is 277 g/mol. The molecule has 0 saturated heterocycles. The van der Waals surface area contributed by atoms with E-state index in [1.165, 1.54) is 20.8 Å². The van der Waals surface area contributed by atoms with Crippen LogP contribution in [0, 0.1) is 5.92 Å². The summed E-state index contributed by atoms with van der Waals surface area (Å²) in [5.74, 6) is -2.04. The fourth-order valence-corrected chi connectivity index (χ4v) is 1.93. The Morgan fingerprint density at radius 3 is 1.94 bits per heavy atom. The Hall–Kier alpha value is -1.11. The van der Waals surface area contributed by atoms with Gasteiger partial charge >= 0.3 is 5.97 Å². The van der Waals surface area contributed by atoms with E-state index >= 15 is 0 Å². The average molecular weight is 277 g/mol. The molecule has 7 heteroatoms. The topological polar surface area (TPSA) is 101 Å². The van der Waals surface area contributed by atoms with E-state index in [2.05, 4.69) is 5.32 Å². The van der Waals surface area contributed by atoms with E-state index < -0.39 is 32.0 Å². The number of aliphatic carboxylic acids is 1. The minimum atomic E-state index is -3.61. The molecule has 0 radical (unpaired) electrons. The second kappa shape index (κ2) is 4.22. The molecule has 1 rings (SSSR count). The third-order valence-corrected chi connectivity index (χ3v) is 5.72. The summed E-state index contributed by atoms with van der Waals surface area (Å²) in [7, 11) is -3.61. The number of amides is 1. The van der Waals surface area contributed by atoms with Crippen LogP contribution in [0.3, 0.4) is 0 Å². The summed E-state index contributed by atoms with van der Waals surface area (Å²) in [4.78, 5) is 23.3. The van der Waals surface area contributed by atoms with Crippen molar-refractivity contribution in [3.05, 3.63) is 0 Å². The van der Waals surface area contributed by atoms with Crippen LogP contribution in [0.15, 0.2) is 0 Å². The summed E-state index contributed by atoms with van der Waals surface area (Å²) in [5, 5.41) is 11.6. The van der Waals surface area contributed by atoms with E-state index in [1.807, 2.05) is 0 Å². The molecule has 1 atom stereocenters. The fourth-order valence-electron chi connectivity index (χ4n) is 1.55. The number of hydrogen-bond donors (Lipinski definition) is 2. The first kappa shape index (κ1) is 14.9. The number of carboxylic acid groups (broad SMARTS) is 1.